The van der Waals surface area contributed by atoms with E-state index < -0.39 is 0 Å². The summed E-state index contributed by atoms with van der Waals surface area (Å²) < 4.78 is 5.57. The number of fused-ring (bicyclic) bond motifs is 1. The largest absolute Gasteiger partial charge is 0.492 e. The van der Waals surface area contributed by atoms with Gasteiger partial charge in [0.15, 0.2) is 0 Å². The first-order valence-electron chi connectivity index (χ1n) is 5.07. The van der Waals surface area contributed by atoms with Crippen molar-refractivity contribution in [3.63, 3.8) is 0 Å². The molecule has 3 N–H and O–H groups in total. The van der Waals surface area contributed by atoms with Crippen molar-refractivity contribution in [1.29, 1.82) is 5.41 Å². The van der Waals surface area contributed by atoms with Crippen LogP contribution in [-0.2, 0) is 0 Å². The van der Waals surface area contributed by atoms with Crippen LogP contribution in [0.3, 0.4) is 0 Å². The molecule has 1 aromatic heterocycles. The van der Waals surface area contributed by atoms with Crippen LogP contribution in [0.15, 0.2) is 36.5 Å². The van der Waals surface area contributed by atoms with E-state index in [1.165, 1.54) is 0 Å². The molecular weight excluding hydrogens is 202 g/mol. The number of hydrogen-bond acceptors (Lipinski definition) is 3. The maximum atomic E-state index is 7.11. The maximum absolute atomic E-state index is 7.11. The summed E-state index contributed by atoms with van der Waals surface area (Å²) in [6, 6.07) is 9.57. The molecule has 4 heteroatoms. The molecule has 1 aromatic carbocycles. The topological polar surface area (TPSA) is 72.0 Å². The molecule has 0 unspecified atom stereocenters. The molecule has 0 amide bonds. The Labute approximate surface area is 93.6 Å². The number of rotatable bonds is 4. The Kier molecular flexibility index (Phi) is 3.00. The summed E-state index contributed by atoms with van der Waals surface area (Å²) in [5.74, 6) is 0.921. The Morgan fingerprint density at radius 1 is 1.31 bits per heavy atom. The van der Waals surface area contributed by atoms with Gasteiger partial charge in [0.2, 0.25) is 0 Å². The second-order valence-electron chi connectivity index (χ2n) is 3.45. The lowest BCUT2D eigenvalue weighted by molar-refractivity contribution is 0.332. The molecule has 0 aliphatic carbocycles. The van der Waals surface area contributed by atoms with Gasteiger partial charge in [0.05, 0.1) is 18.0 Å². The van der Waals surface area contributed by atoms with Crippen molar-refractivity contribution in [1.82, 2.24) is 4.98 Å². The van der Waals surface area contributed by atoms with E-state index in [-0.39, 0.29) is 5.84 Å². The highest BCUT2D eigenvalue weighted by Gasteiger charge is 2.01. The van der Waals surface area contributed by atoms with Crippen LogP contribution in [0, 0.1) is 5.41 Å². The van der Waals surface area contributed by atoms with E-state index in [0.29, 0.717) is 13.0 Å². The maximum Gasteiger partial charge on any atom is 0.128 e. The Morgan fingerprint density at radius 3 is 3.00 bits per heavy atom. The predicted molar refractivity (Wildman–Crippen MR) is 63.8 cm³/mol. The lowest BCUT2D eigenvalue weighted by Crippen LogP contribution is -2.13. The lowest BCUT2D eigenvalue weighted by atomic mass is 10.2. The van der Waals surface area contributed by atoms with Gasteiger partial charge in [-0.2, -0.15) is 0 Å². The Hall–Kier alpha value is -2.10. The Morgan fingerprint density at radius 2 is 2.19 bits per heavy atom. The molecule has 0 radical (unpaired) electrons. The van der Waals surface area contributed by atoms with E-state index in [1.807, 2.05) is 30.3 Å². The molecule has 2 rings (SSSR count). The second-order valence-corrected chi connectivity index (χ2v) is 3.45. The minimum absolute atomic E-state index is 0.137. The standard InChI is InChI=1S/C12H13N3O/c13-12(14)6-8-16-11-5-1-4-10-9(11)3-2-7-15-10/h1-5,7H,6,8H2,(H3,13,14). The van der Waals surface area contributed by atoms with Crippen LogP contribution >= 0.6 is 0 Å². The monoisotopic (exact) mass is 215 g/mol. The molecule has 0 saturated heterocycles. The van der Waals surface area contributed by atoms with Gasteiger partial charge >= 0.3 is 0 Å². The summed E-state index contributed by atoms with van der Waals surface area (Å²) in [6.45, 7) is 0.420. The number of aromatic nitrogens is 1. The average Bonchev–Trinajstić information content (AvgIpc) is 2.29. The fourth-order valence-electron chi connectivity index (χ4n) is 1.47. The summed E-state index contributed by atoms with van der Waals surface area (Å²) in [4.78, 5) is 4.24. The molecule has 82 valence electrons. The molecule has 2 aromatic rings. The zero-order valence-electron chi connectivity index (χ0n) is 8.81. The summed E-state index contributed by atoms with van der Waals surface area (Å²) in [6.07, 6.45) is 2.19. The number of pyridine rings is 1. The van der Waals surface area contributed by atoms with E-state index in [4.69, 9.17) is 15.9 Å². The zero-order chi connectivity index (χ0) is 11.4. The van der Waals surface area contributed by atoms with Crippen molar-refractivity contribution in [2.24, 2.45) is 5.73 Å². The quantitative estimate of drug-likeness (QED) is 0.604. The van der Waals surface area contributed by atoms with Crippen molar-refractivity contribution in [2.75, 3.05) is 6.61 Å². The van der Waals surface area contributed by atoms with Crippen molar-refractivity contribution in [2.45, 2.75) is 6.42 Å². The van der Waals surface area contributed by atoms with Crippen LogP contribution in [0.5, 0.6) is 5.75 Å². The zero-order valence-corrected chi connectivity index (χ0v) is 8.81. The fourth-order valence-corrected chi connectivity index (χ4v) is 1.47. The lowest BCUT2D eigenvalue weighted by Gasteiger charge is -2.07. The molecule has 0 atom stereocenters. The molecule has 1 heterocycles. The van der Waals surface area contributed by atoms with Gasteiger partial charge in [0, 0.05) is 18.0 Å². The van der Waals surface area contributed by atoms with E-state index >= 15 is 0 Å². The van der Waals surface area contributed by atoms with Crippen LogP contribution in [0.4, 0.5) is 0 Å². The first-order chi connectivity index (χ1) is 7.77. The van der Waals surface area contributed by atoms with Crippen LogP contribution in [0.25, 0.3) is 10.9 Å². The van der Waals surface area contributed by atoms with Crippen LogP contribution in [0.2, 0.25) is 0 Å². The third-order valence-electron chi connectivity index (χ3n) is 2.23. The fraction of sp³-hybridized carbons (Fsp3) is 0.167. The summed E-state index contributed by atoms with van der Waals surface area (Å²) >= 11 is 0. The number of nitrogens with zero attached hydrogens (tertiary/aromatic N) is 1. The third kappa shape index (κ3) is 2.28. The Balaban J connectivity index is 2.20. The predicted octanol–water partition coefficient (Wildman–Crippen LogP) is 1.94. The molecule has 0 saturated carbocycles. The molecular formula is C12H13N3O. The number of ether oxygens (including phenoxy) is 1. The van der Waals surface area contributed by atoms with Crippen molar-refractivity contribution in [3.8, 4) is 5.75 Å². The summed E-state index contributed by atoms with van der Waals surface area (Å²) in [5, 5.41) is 8.09. The highest BCUT2D eigenvalue weighted by atomic mass is 16.5. The molecule has 0 fully saturated rings. The van der Waals surface area contributed by atoms with Gasteiger partial charge in [-0.15, -0.1) is 0 Å². The minimum atomic E-state index is 0.137. The van der Waals surface area contributed by atoms with Gasteiger partial charge < -0.3 is 10.5 Å². The number of nitrogens with one attached hydrogen (secondary N) is 1. The number of nitrogens with two attached hydrogens (primary N) is 1. The van der Waals surface area contributed by atoms with E-state index in [9.17, 15) is 0 Å². The van der Waals surface area contributed by atoms with Crippen molar-refractivity contribution in [3.05, 3.63) is 36.5 Å². The first kappa shape index (κ1) is 10.4. The molecule has 16 heavy (non-hydrogen) atoms. The smallest absolute Gasteiger partial charge is 0.128 e. The molecule has 4 nitrogen and oxygen atoms in total. The summed E-state index contributed by atoms with van der Waals surface area (Å²) in [7, 11) is 0. The number of hydrogen-bond donors (Lipinski definition) is 2. The Bertz CT molecular complexity index is 505. The number of amidine groups is 1. The first-order valence-corrected chi connectivity index (χ1v) is 5.07. The van der Waals surface area contributed by atoms with Gasteiger partial charge in [0.1, 0.15) is 5.75 Å². The van der Waals surface area contributed by atoms with Gasteiger partial charge in [-0.3, -0.25) is 10.4 Å². The highest BCUT2D eigenvalue weighted by molar-refractivity contribution is 5.84. The molecule has 0 spiro atoms. The minimum Gasteiger partial charge on any atom is -0.492 e. The normalized spacial score (nSPS) is 10.2. The van der Waals surface area contributed by atoms with E-state index in [2.05, 4.69) is 4.98 Å². The van der Waals surface area contributed by atoms with Gasteiger partial charge in [0.25, 0.3) is 0 Å². The van der Waals surface area contributed by atoms with E-state index in [0.717, 1.165) is 16.7 Å². The highest BCUT2D eigenvalue weighted by Crippen LogP contribution is 2.23. The van der Waals surface area contributed by atoms with Crippen LogP contribution in [0.1, 0.15) is 6.42 Å². The number of benzene rings is 1. The van der Waals surface area contributed by atoms with Crippen molar-refractivity contribution < 1.29 is 4.74 Å². The van der Waals surface area contributed by atoms with Gasteiger partial charge in [-0.05, 0) is 24.3 Å². The second kappa shape index (κ2) is 4.61. The van der Waals surface area contributed by atoms with Crippen molar-refractivity contribution >= 4 is 16.7 Å². The SMILES string of the molecule is N=C(N)CCOc1cccc2ncccc12. The van der Waals surface area contributed by atoms with E-state index in [1.54, 1.807) is 6.20 Å². The van der Waals surface area contributed by atoms with Gasteiger partial charge in [-0.25, -0.2) is 0 Å². The average molecular weight is 215 g/mol. The van der Waals surface area contributed by atoms with Crippen LogP contribution < -0.4 is 10.5 Å². The molecule has 0 aliphatic heterocycles. The molecule has 0 bridgehead atoms. The van der Waals surface area contributed by atoms with Crippen LogP contribution in [-0.4, -0.2) is 17.4 Å². The summed E-state index contributed by atoms with van der Waals surface area (Å²) in [5.41, 5.74) is 6.17. The third-order valence-corrected chi connectivity index (χ3v) is 2.23. The molecule has 0 aliphatic rings. The van der Waals surface area contributed by atoms with Gasteiger partial charge in [-0.1, -0.05) is 6.07 Å².